The summed E-state index contributed by atoms with van der Waals surface area (Å²) in [5, 5.41) is 14.8. The zero-order valence-electron chi connectivity index (χ0n) is 16.9. The van der Waals surface area contributed by atoms with Crippen molar-refractivity contribution in [2.24, 2.45) is 17.8 Å². The van der Waals surface area contributed by atoms with E-state index < -0.39 is 11.9 Å². The Labute approximate surface area is 172 Å². The second-order valence-corrected chi connectivity index (χ2v) is 8.38. The largest absolute Gasteiger partial charge is 0.473 e. The average molecular weight is 401 g/mol. The van der Waals surface area contributed by atoms with E-state index in [-0.39, 0.29) is 0 Å². The molecule has 1 heterocycles. The highest BCUT2D eigenvalue weighted by Crippen LogP contribution is 2.43. The number of hydrogen-bond acceptors (Lipinski definition) is 4. The first-order valence-corrected chi connectivity index (χ1v) is 10.6. The molecule has 3 aliphatic rings. The molecule has 2 bridgehead atoms. The minimum atomic E-state index is -1.82. The van der Waals surface area contributed by atoms with Crippen molar-refractivity contribution in [1.82, 2.24) is 9.80 Å². The van der Waals surface area contributed by atoms with Gasteiger partial charge in [0.1, 0.15) is 0 Å². The summed E-state index contributed by atoms with van der Waals surface area (Å²) in [4.78, 5) is 23.6. The Balaban J connectivity index is 0.000000353. The van der Waals surface area contributed by atoms with Crippen molar-refractivity contribution in [1.29, 1.82) is 0 Å². The van der Waals surface area contributed by atoms with Crippen LogP contribution in [0.25, 0.3) is 0 Å². The van der Waals surface area contributed by atoms with Gasteiger partial charge in [0.05, 0.1) is 0 Å². The number of aryl methyl sites for hydroxylation is 1. The third-order valence-corrected chi connectivity index (χ3v) is 6.34. The average Bonchev–Trinajstić information content (AvgIpc) is 3.34. The van der Waals surface area contributed by atoms with Crippen molar-refractivity contribution < 1.29 is 19.8 Å². The van der Waals surface area contributed by atoms with E-state index in [2.05, 4.69) is 52.3 Å². The van der Waals surface area contributed by atoms with Gasteiger partial charge in [-0.15, -0.1) is 0 Å². The molecule has 2 fully saturated rings. The molecular formula is C23H32N2O4. The van der Waals surface area contributed by atoms with E-state index in [1.807, 2.05) is 0 Å². The van der Waals surface area contributed by atoms with E-state index in [4.69, 9.17) is 19.8 Å². The molecule has 0 amide bonds. The lowest BCUT2D eigenvalue weighted by molar-refractivity contribution is -0.159. The molecule has 158 valence electrons. The number of piperazine rings is 1. The van der Waals surface area contributed by atoms with E-state index >= 15 is 0 Å². The van der Waals surface area contributed by atoms with Crippen LogP contribution in [-0.4, -0.2) is 71.2 Å². The number of rotatable bonds is 6. The van der Waals surface area contributed by atoms with E-state index in [0.717, 1.165) is 17.8 Å². The highest BCUT2D eigenvalue weighted by atomic mass is 16.4. The Morgan fingerprint density at radius 1 is 0.897 bits per heavy atom. The fourth-order valence-corrected chi connectivity index (χ4v) is 4.78. The number of benzene rings is 1. The maximum absolute atomic E-state index is 9.10. The maximum Gasteiger partial charge on any atom is 0.414 e. The molecule has 0 spiro atoms. The Morgan fingerprint density at radius 2 is 1.55 bits per heavy atom. The first-order chi connectivity index (χ1) is 14.0. The molecule has 4 rings (SSSR count). The number of carboxylic acid groups (broad SMARTS) is 2. The summed E-state index contributed by atoms with van der Waals surface area (Å²) in [6.07, 6.45) is 10.4. The molecule has 29 heavy (non-hydrogen) atoms. The molecule has 1 aliphatic heterocycles. The quantitative estimate of drug-likeness (QED) is 0.564. The van der Waals surface area contributed by atoms with Gasteiger partial charge >= 0.3 is 11.9 Å². The Kier molecular flexibility index (Phi) is 7.83. The molecule has 3 unspecified atom stereocenters. The number of allylic oxidation sites excluding steroid dienone is 2. The summed E-state index contributed by atoms with van der Waals surface area (Å²) in [5.74, 6) is -0.868. The number of carboxylic acids is 2. The van der Waals surface area contributed by atoms with Gasteiger partial charge in [-0.3, -0.25) is 0 Å². The third-order valence-electron chi connectivity index (χ3n) is 6.34. The van der Waals surface area contributed by atoms with E-state index in [1.165, 1.54) is 70.5 Å². The summed E-state index contributed by atoms with van der Waals surface area (Å²) in [6.45, 7) is 7.71. The second kappa shape index (κ2) is 10.6. The minimum absolute atomic E-state index is 0.906. The number of carbonyl (C=O) groups is 2. The van der Waals surface area contributed by atoms with Crippen LogP contribution in [0.1, 0.15) is 24.8 Å². The fraction of sp³-hybridized carbons (Fsp3) is 0.565. The van der Waals surface area contributed by atoms with Crippen molar-refractivity contribution in [3.05, 3.63) is 48.0 Å². The summed E-state index contributed by atoms with van der Waals surface area (Å²) in [7, 11) is 0. The van der Waals surface area contributed by atoms with Crippen molar-refractivity contribution in [3.8, 4) is 0 Å². The van der Waals surface area contributed by atoms with Gasteiger partial charge in [0, 0.05) is 32.7 Å². The molecule has 6 heteroatoms. The summed E-state index contributed by atoms with van der Waals surface area (Å²) in [6, 6.07) is 10.9. The predicted octanol–water partition coefficient (Wildman–Crippen LogP) is 2.60. The third kappa shape index (κ3) is 6.68. The first kappa shape index (κ1) is 21.5. The molecule has 2 aliphatic carbocycles. The van der Waals surface area contributed by atoms with Crippen molar-refractivity contribution in [2.75, 3.05) is 39.3 Å². The van der Waals surface area contributed by atoms with E-state index in [1.54, 1.807) is 0 Å². The van der Waals surface area contributed by atoms with Crippen LogP contribution in [0.4, 0.5) is 0 Å². The molecule has 1 saturated heterocycles. The molecule has 6 nitrogen and oxygen atoms in total. The van der Waals surface area contributed by atoms with Crippen LogP contribution in [0.5, 0.6) is 0 Å². The Hall–Kier alpha value is -2.18. The SMILES string of the molecule is C1=CC2CC1CC2CN1CCN(CCCc2ccccc2)CC1.O=C(O)C(=O)O. The lowest BCUT2D eigenvalue weighted by atomic mass is 9.93. The van der Waals surface area contributed by atoms with Crippen LogP contribution in [-0.2, 0) is 16.0 Å². The number of hydrogen-bond donors (Lipinski definition) is 2. The van der Waals surface area contributed by atoms with Crippen LogP contribution in [0.3, 0.4) is 0 Å². The molecule has 0 radical (unpaired) electrons. The number of nitrogens with zero attached hydrogens (tertiary/aromatic N) is 2. The molecule has 3 atom stereocenters. The van der Waals surface area contributed by atoms with E-state index in [9.17, 15) is 0 Å². The first-order valence-electron chi connectivity index (χ1n) is 10.6. The van der Waals surface area contributed by atoms with Gasteiger partial charge in [0.15, 0.2) is 0 Å². The van der Waals surface area contributed by atoms with Gasteiger partial charge in [-0.25, -0.2) is 9.59 Å². The van der Waals surface area contributed by atoms with Gasteiger partial charge < -0.3 is 20.0 Å². The van der Waals surface area contributed by atoms with Crippen LogP contribution in [0.2, 0.25) is 0 Å². The normalized spacial score (nSPS) is 26.1. The zero-order valence-corrected chi connectivity index (χ0v) is 16.9. The lowest BCUT2D eigenvalue weighted by Crippen LogP contribution is -2.48. The lowest BCUT2D eigenvalue weighted by Gasteiger charge is -2.37. The van der Waals surface area contributed by atoms with Crippen LogP contribution in [0.15, 0.2) is 42.5 Å². The minimum Gasteiger partial charge on any atom is -0.473 e. The number of aliphatic carboxylic acids is 2. The van der Waals surface area contributed by atoms with Crippen molar-refractivity contribution >= 4 is 11.9 Å². The summed E-state index contributed by atoms with van der Waals surface area (Å²) < 4.78 is 0. The van der Waals surface area contributed by atoms with Gasteiger partial charge in [0.25, 0.3) is 0 Å². The molecule has 1 aromatic carbocycles. The molecule has 1 aromatic rings. The van der Waals surface area contributed by atoms with Crippen molar-refractivity contribution in [2.45, 2.75) is 25.7 Å². The molecule has 0 aromatic heterocycles. The molecular weight excluding hydrogens is 368 g/mol. The predicted molar refractivity (Wildman–Crippen MR) is 112 cm³/mol. The standard InChI is InChI=1S/C21H30N2.C2H2O4/c1-2-5-18(6-3-1)7-4-10-22-11-13-23(14-12-22)17-21-16-19-8-9-20(21)15-19;3-1(4)2(5)6/h1-3,5-6,8-9,19-21H,4,7,10-17H2;(H,3,4)(H,5,6). The smallest absolute Gasteiger partial charge is 0.414 e. The highest BCUT2D eigenvalue weighted by Gasteiger charge is 2.36. The fourth-order valence-electron chi connectivity index (χ4n) is 4.78. The maximum atomic E-state index is 9.10. The second-order valence-electron chi connectivity index (χ2n) is 8.38. The van der Waals surface area contributed by atoms with Gasteiger partial charge in [0.2, 0.25) is 0 Å². The Bertz CT molecular complexity index is 686. The summed E-state index contributed by atoms with van der Waals surface area (Å²) >= 11 is 0. The van der Waals surface area contributed by atoms with Crippen molar-refractivity contribution in [3.63, 3.8) is 0 Å². The topological polar surface area (TPSA) is 81.1 Å². The van der Waals surface area contributed by atoms with E-state index in [0.29, 0.717) is 0 Å². The molecule has 1 saturated carbocycles. The monoisotopic (exact) mass is 400 g/mol. The Morgan fingerprint density at radius 3 is 2.10 bits per heavy atom. The molecule has 2 N–H and O–H groups in total. The highest BCUT2D eigenvalue weighted by molar-refractivity contribution is 6.27. The van der Waals surface area contributed by atoms with Gasteiger partial charge in [-0.2, -0.15) is 0 Å². The van der Waals surface area contributed by atoms with Crippen LogP contribution in [0, 0.1) is 17.8 Å². The van der Waals surface area contributed by atoms with Gasteiger partial charge in [-0.05, 0) is 55.5 Å². The van der Waals surface area contributed by atoms with Crippen LogP contribution < -0.4 is 0 Å². The van der Waals surface area contributed by atoms with Gasteiger partial charge in [-0.1, -0.05) is 42.5 Å². The number of fused-ring (bicyclic) bond motifs is 2. The zero-order chi connectivity index (χ0) is 20.6. The van der Waals surface area contributed by atoms with Crippen LogP contribution >= 0.6 is 0 Å². The summed E-state index contributed by atoms with van der Waals surface area (Å²) in [5.41, 5.74) is 1.48.